The van der Waals surface area contributed by atoms with Gasteiger partial charge in [0.25, 0.3) is 0 Å². The average Bonchev–Trinajstić information content (AvgIpc) is 2.96. The van der Waals surface area contributed by atoms with E-state index in [4.69, 9.17) is 4.74 Å². The molecule has 0 aromatic carbocycles. The summed E-state index contributed by atoms with van der Waals surface area (Å²) in [5.74, 6) is 1.08. The lowest BCUT2D eigenvalue weighted by Crippen LogP contribution is -2.37. The van der Waals surface area contributed by atoms with Crippen LogP contribution in [0.15, 0.2) is 0 Å². The van der Waals surface area contributed by atoms with E-state index in [1.54, 1.807) is 0 Å². The minimum Gasteiger partial charge on any atom is -0.466 e. The average molecular weight is 225 g/mol. The molecule has 0 aliphatic heterocycles. The van der Waals surface area contributed by atoms with E-state index in [-0.39, 0.29) is 11.9 Å². The zero-order valence-corrected chi connectivity index (χ0v) is 10.2. The zero-order chi connectivity index (χ0) is 11.4. The van der Waals surface area contributed by atoms with Gasteiger partial charge in [0.05, 0.1) is 12.5 Å². The Bertz CT molecular complexity index is 238. The number of carbonyl (C=O) groups is 1. The van der Waals surface area contributed by atoms with Crippen molar-refractivity contribution < 1.29 is 9.53 Å². The molecule has 1 N–H and O–H groups in total. The molecule has 0 spiro atoms. The SMILES string of the molecule is CCOC(=O)[C@H]1CCC[C@H]1NCCC1CC1. The number of rotatable bonds is 6. The quantitative estimate of drug-likeness (QED) is 0.704. The summed E-state index contributed by atoms with van der Waals surface area (Å²) < 4.78 is 5.12. The van der Waals surface area contributed by atoms with Crippen LogP contribution in [0.4, 0.5) is 0 Å². The zero-order valence-electron chi connectivity index (χ0n) is 10.2. The maximum absolute atomic E-state index is 11.7. The Morgan fingerprint density at radius 2 is 2.12 bits per heavy atom. The molecule has 0 bridgehead atoms. The van der Waals surface area contributed by atoms with Gasteiger partial charge in [0.15, 0.2) is 0 Å². The standard InChI is InChI=1S/C13H23NO2/c1-2-16-13(15)11-4-3-5-12(11)14-9-8-10-6-7-10/h10-12,14H,2-9H2,1H3/t11-,12+/m0/s1. The molecule has 0 amide bonds. The maximum Gasteiger partial charge on any atom is 0.310 e. The van der Waals surface area contributed by atoms with Crippen LogP contribution < -0.4 is 5.32 Å². The van der Waals surface area contributed by atoms with Crippen molar-refractivity contribution in [1.82, 2.24) is 5.32 Å². The fourth-order valence-electron chi connectivity index (χ4n) is 2.62. The molecule has 16 heavy (non-hydrogen) atoms. The lowest BCUT2D eigenvalue weighted by Gasteiger charge is -2.19. The van der Waals surface area contributed by atoms with Gasteiger partial charge in [-0.05, 0) is 38.6 Å². The molecular weight excluding hydrogens is 202 g/mol. The lowest BCUT2D eigenvalue weighted by atomic mass is 10.0. The second-order valence-electron chi connectivity index (χ2n) is 5.08. The molecule has 0 radical (unpaired) electrons. The van der Waals surface area contributed by atoms with Crippen LogP contribution in [0.5, 0.6) is 0 Å². The van der Waals surface area contributed by atoms with E-state index >= 15 is 0 Å². The monoisotopic (exact) mass is 225 g/mol. The van der Waals surface area contributed by atoms with Crippen LogP contribution in [0.3, 0.4) is 0 Å². The second-order valence-corrected chi connectivity index (χ2v) is 5.08. The fraction of sp³-hybridized carbons (Fsp3) is 0.923. The molecule has 2 aliphatic carbocycles. The number of esters is 1. The molecule has 0 saturated heterocycles. The first-order chi connectivity index (χ1) is 7.81. The van der Waals surface area contributed by atoms with Crippen LogP contribution in [0.25, 0.3) is 0 Å². The van der Waals surface area contributed by atoms with Crippen molar-refractivity contribution in [3.05, 3.63) is 0 Å². The van der Waals surface area contributed by atoms with Gasteiger partial charge in [0.2, 0.25) is 0 Å². The van der Waals surface area contributed by atoms with Gasteiger partial charge in [-0.25, -0.2) is 0 Å². The first-order valence-electron chi connectivity index (χ1n) is 6.71. The first-order valence-corrected chi connectivity index (χ1v) is 6.71. The number of nitrogens with one attached hydrogen (secondary N) is 1. The predicted molar refractivity (Wildman–Crippen MR) is 63.1 cm³/mol. The van der Waals surface area contributed by atoms with Crippen LogP contribution >= 0.6 is 0 Å². The third-order valence-electron chi connectivity index (χ3n) is 3.76. The molecule has 0 aromatic heterocycles. The van der Waals surface area contributed by atoms with Gasteiger partial charge >= 0.3 is 5.97 Å². The van der Waals surface area contributed by atoms with Gasteiger partial charge in [-0.15, -0.1) is 0 Å². The Kier molecular flexibility index (Phi) is 4.22. The number of ether oxygens (including phenoxy) is 1. The Balaban J connectivity index is 1.71. The van der Waals surface area contributed by atoms with Gasteiger partial charge in [-0.3, -0.25) is 4.79 Å². The molecule has 2 aliphatic rings. The van der Waals surface area contributed by atoms with Gasteiger partial charge in [-0.2, -0.15) is 0 Å². The van der Waals surface area contributed by atoms with Gasteiger partial charge in [0, 0.05) is 6.04 Å². The number of carbonyl (C=O) groups excluding carboxylic acids is 1. The molecule has 2 fully saturated rings. The van der Waals surface area contributed by atoms with Crippen LogP contribution in [-0.2, 0) is 9.53 Å². The Morgan fingerprint density at radius 3 is 2.81 bits per heavy atom. The van der Waals surface area contributed by atoms with Crippen molar-refractivity contribution >= 4 is 5.97 Å². The van der Waals surface area contributed by atoms with E-state index in [1.807, 2.05) is 6.92 Å². The summed E-state index contributed by atoms with van der Waals surface area (Å²) in [5, 5.41) is 3.54. The van der Waals surface area contributed by atoms with E-state index in [1.165, 1.54) is 19.3 Å². The minimum absolute atomic E-state index is 0.00363. The molecule has 0 aromatic rings. The highest BCUT2D eigenvalue weighted by atomic mass is 16.5. The van der Waals surface area contributed by atoms with E-state index < -0.39 is 0 Å². The fourth-order valence-corrected chi connectivity index (χ4v) is 2.62. The summed E-state index contributed by atoms with van der Waals surface area (Å²) in [5.41, 5.74) is 0. The van der Waals surface area contributed by atoms with Crippen LogP contribution in [0.1, 0.15) is 45.4 Å². The molecule has 92 valence electrons. The van der Waals surface area contributed by atoms with Crippen molar-refractivity contribution in [3.63, 3.8) is 0 Å². The Hall–Kier alpha value is -0.570. The van der Waals surface area contributed by atoms with E-state index in [0.717, 1.165) is 31.7 Å². The third-order valence-corrected chi connectivity index (χ3v) is 3.76. The van der Waals surface area contributed by atoms with E-state index in [9.17, 15) is 4.79 Å². The molecular formula is C13H23NO2. The largest absolute Gasteiger partial charge is 0.466 e. The summed E-state index contributed by atoms with van der Waals surface area (Å²) in [4.78, 5) is 11.7. The molecule has 2 rings (SSSR count). The summed E-state index contributed by atoms with van der Waals surface area (Å²) in [6.45, 7) is 3.46. The molecule has 2 saturated carbocycles. The van der Waals surface area contributed by atoms with Crippen molar-refractivity contribution in [3.8, 4) is 0 Å². The summed E-state index contributed by atoms with van der Waals surface area (Å²) in [6, 6.07) is 0.373. The maximum atomic E-state index is 11.7. The van der Waals surface area contributed by atoms with Crippen molar-refractivity contribution in [2.45, 2.75) is 51.5 Å². The molecule has 0 unspecified atom stereocenters. The highest BCUT2D eigenvalue weighted by Gasteiger charge is 2.33. The lowest BCUT2D eigenvalue weighted by molar-refractivity contribution is -0.148. The first kappa shape index (κ1) is 11.9. The van der Waals surface area contributed by atoms with Crippen molar-refractivity contribution in [2.24, 2.45) is 11.8 Å². The number of hydrogen-bond donors (Lipinski definition) is 1. The molecule has 0 heterocycles. The predicted octanol–water partition coefficient (Wildman–Crippen LogP) is 2.11. The van der Waals surface area contributed by atoms with Gasteiger partial charge in [0.1, 0.15) is 0 Å². The van der Waals surface area contributed by atoms with Gasteiger partial charge < -0.3 is 10.1 Å². The highest BCUT2D eigenvalue weighted by Crippen LogP contribution is 2.32. The second kappa shape index (κ2) is 5.67. The highest BCUT2D eigenvalue weighted by molar-refractivity contribution is 5.73. The van der Waals surface area contributed by atoms with Crippen LogP contribution in [-0.4, -0.2) is 25.2 Å². The summed E-state index contributed by atoms with van der Waals surface area (Å²) in [7, 11) is 0. The van der Waals surface area contributed by atoms with Crippen molar-refractivity contribution in [1.29, 1.82) is 0 Å². The van der Waals surface area contributed by atoms with Crippen LogP contribution in [0.2, 0.25) is 0 Å². The van der Waals surface area contributed by atoms with Gasteiger partial charge in [-0.1, -0.05) is 19.3 Å². The Morgan fingerprint density at radius 1 is 1.31 bits per heavy atom. The Labute approximate surface area is 97.9 Å². The summed E-state index contributed by atoms with van der Waals surface area (Å²) in [6.07, 6.45) is 7.39. The topological polar surface area (TPSA) is 38.3 Å². The van der Waals surface area contributed by atoms with Crippen molar-refractivity contribution in [2.75, 3.05) is 13.2 Å². The van der Waals surface area contributed by atoms with E-state index in [2.05, 4.69) is 5.32 Å². The third kappa shape index (κ3) is 3.21. The molecule has 3 heteroatoms. The molecule has 2 atom stereocenters. The van der Waals surface area contributed by atoms with E-state index in [0.29, 0.717) is 12.6 Å². The number of hydrogen-bond acceptors (Lipinski definition) is 3. The summed E-state index contributed by atoms with van der Waals surface area (Å²) >= 11 is 0. The van der Waals surface area contributed by atoms with Crippen LogP contribution in [0, 0.1) is 11.8 Å². The normalized spacial score (nSPS) is 29.3. The minimum atomic E-state index is 0.00363. The molecule has 3 nitrogen and oxygen atoms in total. The smallest absolute Gasteiger partial charge is 0.310 e.